The molecule has 0 spiro atoms. The second-order valence-electron chi connectivity index (χ2n) is 5.42. The molecule has 1 aromatic heterocycles. The van der Waals surface area contributed by atoms with Crippen molar-refractivity contribution in [3.05, 3.63) is 84.1 Å². The van der Waals surface area contributed by atoms with E-state index in [-0.39, 0.29) is 0 Å². The van der Waals surface area contributed by atoms with E-state index in [4.69, 9.17) is 4.42 Å². The van der Waals surface area contributed by atoms with Crippen LogP contribution in [0.4, 0.5) is 0 Å². The van der Waals surface area contributed by atoms with Gasteiger partial charge in [-0.1, -0.05) is 61.5 Å². The van der Waals surface area contributed by atoms with Crippen molar-refractivity contribution in [2.75, 3.05) is 6.54 Å². The van der Waals surface area contributed by atoms with Crippen LogP contribution < -0.4 is 0 Å². The molecule has 0 radical (unpaired) electrons. The van der Waals surface area contributed by atoms with Crippen LogP contribution in [0.15, 0.2) is 77.4 Å². The smallest absolute Gasteiger partial charge is 0.134 e. The molecule has 0 saturated heterocycles. The molecular weight excluding hydrogens is 270 g/mol. The lowest BCUT2D eigenvalue weighted by atomic mass is 10.0. The molecule has 3 aromatic rings. The zero-order valence-corrected chi connectivity index (χ0v) is 12.9. The van der Waals surface area contributed by atoms with Crippen LogP contribution in [-0.4, -0.2) is 11.4 Å². The molecule has 0 unspecified atom stereocenters. The van der Waals surface area contributed by atoms with Gasteiger partial charge >= 0.3 is 0 Å². The molecule has 0 atom stereocenters. The fraction of sp³-hybridized carbons (Fsp3) is 0.200. The number of hydrogen-bond donors (Lipinski definition) is 0. The van der Waals surface area contributed by atoms with Crippen LogP contribution in [0.2, 0.25) is 0 Å². The van der Waals surface area contributed by atoms with Gasteiger partial charge in [-0.05, 0) is 29.8 Å². The van der Waals surface area contributed by atoms with Crippen LogP contribution >= 0.6 is 0 Å². The molecule has 0 aliphatic heterocycles. The van der Waals surface area contributed by atoms with Crippen molar-refractivity contribution in [3.63, 3.8) is 0 Å². The molecule has 0 fully saturated rings. The van der Waals surface area contributed by atoms with Crippen LogP contribution in [0, 0.1) is 0 Å². The summed E-state index contributed by atoms with van der Waals surface area (Å²) in [7, 11) is 0. The van der Waals surface area contributed by atoms with Crippen molar-refractivity contribution in [3.8, 4) is 11.3 Å². The Labute approximate surface area is 132 Å². The first-order chi connectivity index (χ1) is 10.9. The molecule has 2 nitrogen and oxygen atoms in total. The molecule has 0 bridgehead atoms. The minimum Gasteiger partial charge on any atom is -0.464 e. The Morgan fingerprint density at radius 2 is 1.59 bits per heavy atom. The highest BCUT2D eigenvalue weighted by Gasteiger charge is 2.11. The normalized spacial score (nSPS) is 11.0. The molecule has 0 saturated carbocycles. The van der Waals surface area contributed by atoms with E-state index in [2.05, 4.69) is 66.4 Å². The fourth-order valence-electron chi connectivity index (χ4n) is 2.69. The summed E-state index contributed by atoms with van der Waals surface area (Å²) in [4.78, 5) is 2.44. The predicted molar refractivity (Wildman–Crippen MR) is 90.4 cm³/mol. The highest BCUT2D eigenvalue weighted by atomic mass is 16.3. The quantitative estimate of drug-likeness (QED) is 0.637. The fourth-order valence-corrected chi connectivity index (χ4v) is 2.69. The lowest BCUT2D eigenvalue weighted by Crippen LogP contribution is -2.22. The van der Waals surface area contributed by atoms with Gasteiger partial charge in [0.05, 0.1) is 6.26 Å². The molecule has 22 heavy (non-hydrogen) atoms. The third kappa shape index (κ3) is 3.46. The largest absolute Gasteiger partial charge is 0.464 e. The molecule has 1 heterocycles. The summed E-state index contributed by atoms with van der Waals surface area (Å²) in [5, 5.41) is 0. The molecule has 0 aliphatic rings. The Balaban J connectivity index is 1.79. The van der Waals surface area contributed by atoms with Crippen LogP contribution in [0.1, 0.15) is 18.1 Å². The summed E-state index contributed by atoms with van der Waals surface area (Å²) in [5.74, 6) is 0.936. The third-order valence-corrected chi connectivity index (χ3v) is 3.89. The monoisotopic (exact) mass is 291 g/mol. The Kier molecular flexibility index (Phi) is 4.71. The van der Waals surface area contributed by atoms with Crippen LogP contribution in [0.25, 0.3) is 11.3 Å². The standard InChI is InChI=1S/C20H21NO/c1-2-21(15-17-9-4-3-5-10-17)16-18-11-6-7-12-19(18)20-13-8-14-22-20/h3-14H,2,15-16H2,1H3. The van der Waals surface area contributed by atoms with E-state index >= 15 is 0 Å². The molecule has 0 N–H and O–H groups in total. The lowest BCUT2D eigenvalue weighted by Gasteiger charge is -2.22. The van der Waals surface area contributed by atoms with Crippen molar-refractivity contribution >= 4 is 0 Å². The average molecular weight is 291 g/mol. The highest BCUT2D eigenvalue weighted by Crippen LogP contribution is 2.25. The minimum atomic E-state index is 0.919. The number of benzene rings is 2. The molecule has 112 valence electrons. The molecule has 3 rings (SSSR count). The minimum absolute atomic E-state index is 0.919. The van der Waals surface area contributed by atoms with Crippen LogP contribution in [-0.2, 0) is 13.1 Å². The van der Waals surface area contributed by atoms with Crippen LogP contribution in [0.3, 0.4) is 0 Å². The summed E-state index contributed by atoms with van der Waals surface area (Å²) < 4.78 is 5.58. The summed E-state index contributed by atoms with van der Waals surface area (Å²) in [6.45, 7) is 5.10. The molecule has 0 aliphatic carbocycles. The first-order valence-electron chi connectivity index (χ1n) is 7.75. The van der Waals surface area contributed by atoms with Crippen molar-refractivity contribution in [1.29, 1.82) is 0 Å². The number of rotatable bonds is 6. The van der Waals surface area contributed by atoms with Gasteiger partial charge in [0.2, 0.25) is 0 Å². The Hall–Kier alpha value is -2.32. The number of furan rings is 1. The molecular formula is C20H21NO. The number of nitrogens with zero attached hydrogens (tertiary/aromatic N) is 1. The van der Waals surface area contributed by atoms with Gasteiger partial charge in [-0.15, -0.1) is 0 Å². The summed E-state index contributed by atoms with van der Waals surface area (Å²) >= 11 is 0. The number of hydrogen-bond acceptors (Lipinski definition) is 2. The predicted octanol–water partition coefficient (Wildman–Crippen LogP) is 4.97. The van der Waals surface area contributed by atoms with E-state index in [1.165, 1.54) is 16.7 Å². The van der Waals surface area contributed by atoms with Gasteiger partial charge in [-0.25, -0.2) is 0 Å². The van der Waals surface area contributed by atoms with Crippen molar-refractivity contribution in [2.24, 2.45) is 0 Å². The average Bonchev–Trinajstić information content (AvgIpc) is 3.10. The SMILES string of the molecule is CCN(Cc1ccccc1)Cc1ccccc1-c1ccco1. The van der Waals surface area contributed by atoms with E-state index < -0.39 is 0 Å². The van der Waals surface area contributed by atoms with Gasteiger partial charge in [0, 0.05) is 18.7 Å². The van der Waals surface area contributed by atoms with Gasteiger partial charge in [0.25, 0.3) is 0 Å². The van der Waals surface area contributed by atoms with E-state index in [0.717, 1.165) is 25.4 Å². The van der Waals surface area contributed by atoms with E-state index in [1.807, 2.05) is 12.1 Å². The molecule has 2 heteroatoms. The Bertz CT molecular complexity index is 689. The maximum absolute atomic E-state index is 5.58. The van der Waals surface area contributed by atoms with Crippen LogP contribution in [0.5, 0.6) is 0 Å². The second kappa shape index (κ2) is 7.10. The van der Waals surface area contributed by atoms with E-state index in [0.29, 0.717) is 0 Å². The first-order valence-corrected chi connectivity index (χ1v) is 7.75. The Morgan fingerprint density at radius 1 is 0.818 bits per heavy atom. The van der Waals surface area contributed by atoms with Gasteiger partial charge in [-0.3, -0.25) is 4.90 Å². The van der Waals surface area contributed by atoms with Gasteiger partial charge in [-0.2, -0.15) is 0 Å². The summed E-state index contributed by atoms with van der Waals surface area (Å²) in [6.07, 6.45) is 1.73. The van der Waals surface area contributed by atoms with Gasteiger partial charge in [0.15, 0.2) is 0 Å². The topological polar surface area (TPSA) is 16.4 Å². The molecule has 0 amide bonds. The zero-order chi connectivity index (χ0) is 15.2. The Morgan fingerprint density at radius 3 is 2.32 bits per heavy atom. The van der Waals surface area contributed by atoms with Gasteiger partial charge < -0.3 is 4.42 Å². The van der Waals surface area contributed by atoms with E-state index in [9.17, 15) is 0 Å². The third-order valence-electron chi connectivity index (χ3n) is 3.89. The molecule has 2 aromatic carbocycles. The van der Waals surface area contributed by atoms with Gasteiger partial charge in [0.1, 0.15) is 5.76 Å². The zero-order valence-electron chi connectivity index (χ0n) is 12.9. The summed E-state index contributed by atoms with van der Waals surface area (Å²) in [6, 6.07) is 23.1. The highest BCUT2D eigenvalue weighted by molar-refractivity contribution is 5.61. The van der Waals surface area contributed by atoms with Crippen molar-refractivity contribution in [2.45, 2.75) is 20.0 Å². The maximum atomic E-state index is 5.58. The van der Waals surface area contributed by atoms with Crippen molar-refractivity contribution in [1.82, 2.24) is 4.90 Å². The summed E-state index contributed by atoms with van der Waals surface area (Å²) in [5.41, 5.74) is 3.83. The maximum Gasteiger partial charge on any atom is 0.134 e. The second-order valence-corrected chi connectivity index (χ2v) is 5.42. The lowest BCUT2D eigenvalue weighted by molar-refractivity contribution is 0.271. The van der Waals surface area contributed by atoms with Crippen molar-refractivity contribution < 1.29 is 4.42 Å². The van der Waals surface area contributed by atoms with E-state index in [1.54, 1.807) is 6.26 Å². The first kappa shape index (κ1) is 14.6.